The zero-order valence-electron chi connectivity index (χ0n) is 8.50. The van der Waals surface area contributed by atoms with Crippen LogP contribution >= 0.6 is 0 Å². The number of rotatable bonds is 4. The zero-order chi connectivity index (χ0) is 12.1. The van der Waals surface area contributed by atoms with Crippen LogP contribution in [0.5, 0.6) is 0 Å². The molecule has 2 heterocycles. The van der Waals surface area contributed by atoms with E-state index in [-0.39, 0.29) is 5.88 Å². The molecule has 0 amide bonds. The lowest BCUT2D eigenvalue weighted by atomic mass is 10.4. The SMILES string of the molecule is O=[N+]([O-])c1ccc(C=CC=Nn2cnnc2)o1. The predicted octanol–water partition coefficient (Wildman–Crippen LogP) is 1.33. The van der Waals surface area contributed by atoms with Gasteiger partial charge >= 0.3 is 5.88 Å². The van der Waals surface area contributed by atoms with Crippen molar-refractivity contribution >= 4 is 18.2 Å². The molecule has 0 radical (unpaired) electrons. The molecule has 0 atom stereocenters. The minimum atomic E-state index is -0.595. The fourth-order valence-corrected chi connectivity index (χ4v) is 1.04. The van der Waals surface area contributed by atoms with Crippen LogP contribution in [0.25, 0.3) is 6.08 Å². The van der Waals surface area contributed by atoms with Crippen LogP contribution in [0.15, 0.2) is 40.4 Å². The molecule has 17 heavy (non-hydrogen) atoms. The summed E-state index contributed by atoms with van der Waals surface area (Å²) in [5, 5.41) is 21.4. The summed E-state index contributed by atoms with van der Waals surface area (Å²) in [4.78, 5) is 9.75. The van der Waals surface area contributed by atoms with Crippen molar-refractivity contribution in [2.75, 3.05) is 0 Å². The van der Waals surface area contributed by atoms with Gasteiger partial charge in [-0.15, -0.1) is 10.2 Å². The number of aromatic nitrogens is 3. The molecule has 0 bridgehead atoms. The monoisotopic (exact) mass is 233 g/mol. The van der Waals surface area contributed by atoms with Crippen molar-refractivity contribution in [3.05, 3.63) is 46.7 Å². The molecular formula is C9H7N5O3. The molecule has 2 aromatic heterocycles. The molecule has 0 unspecified atom stereocenters. The zero-order valence-corrected chi connectivity index (χ0v) is 8.50. The van der Waals surface area contributed by atoms with Crippen LogP contribution in [-0.4, -0.2) is 26.0 Å². The molecular weight excluding hydrogens is 226 g/mol. The van der Waals surface area contributed by atoms with Gasteiger partial charge in [-0.3, -0.25) is 10.1 Å². The van der Waals surface area contributed by atoms with Crippen molar-refractivity contribution in [1.29, 1.82) is 0 Å². The largest absolute Gasteiger partial charge is 0.433 e. The predicted molar refractivity (Wildman–Crippen MR) is 58.3 cm³/mol. The summed E-state index contributed by atoms with van der Waals surface area (Å²) in [7, 11) is 0. The Hall–Kier alpha value is -2.77. The topological polar surface area (TPSA) is 99.3 Å². The van der Waals surface area contributed by atoms with Crippen molar-refractivity contribution in [3.8, 4) is 0 Å². The van der Waals surface area contributed by atoms with Crippen LogP contribution in [0.1, 0.15) is 5.76 Å². The van der Waals surface area contributed by atoms with Gasteiger partial charge in [0.25, 0.3) is 0 Å². The van der Waals surface area contributed by atoms with E-state index in [9.17, 15) is 10.1 Å². The summed E-state index contributed by atoms with van der Waals surface area (Å²) < 4.78 is 6.31. The van der Waals surface area contributed by atoms with Crippen LogP contribution in [-0.2, 0) is 0 Å². The highest BCUT2D eigenvalue weighted by atomic mass is 16.6. The highest BCUT2D eigenvalue weighted by molar-refractivity contribution is 5.77. The molecule has 0 saturated heterocycles. The van der Waals surface area contributed by atoms with Gasteiger partial charge in [0, 0.05) is 6.21 Å². The molecule has 86 valence electrons. The van der Waals surface area contributed by atoms with Gasteiger partial charge < -0.3 is 4.42 Å². The molecule has 0 aromatic carbocycles. The van der Waals surface area contributed by atoms with E-state index in [1.165, 1.54) is 35.7 Å². The number of furan rings is 1. The first-order valence-electron chi connectivity index (χ1n) is 4.55. The third-order valence-electron chi connectivity index (χ3n) is 1.75. The fourth-order valence-electron chi connectivity index (χ4n) is 1.04. The maximum atomic E-state index is 10.3. The third kappa shape index (κ3) is 2.84. The number of hydrogen-bond donors (Lipinski definition) is 0. The van der Waals surface area contributed by atoms with Crippen molar-refractivity contribution in [1.82, 2.24) is 14.9 Å². The van der Waals surface area contributed by atoms with Gasteiger partial charge in [0.2, 0.25) is 0 Å². The third-order valence-corrected chi connectivity index (χ3v) is 1.75. The van der Waals surface area contributed by atoms with Crippen molar-refractivity contribution in [3.63, 3.8) is 0 Å². The van der Waals surface area contributed by atoms with E-state index in [0.29, 0.717) is 5.76 Å². The van der Waals surface area contributed by atoms with Gasteiger partial charge in [0.1, 0.15) is 23.3 Å². The summed E-state index contributed by atoms with van der Waals surface area (Å²) in [6, 6.07) is 2.79. The molecule has 8 heteroatoms. The van der Waals surface area contributed by atoms with E-state index in [2.05, 4.69) is 15.3 Å². The minimum absolute atomic E-state index is 0.291. The maximum absolute atomic E-state index is 10.3. The van der Waals surface area contributed by atoms with Crippen molar-refractivity contribution in [2.45, 2.75) is 0 Å². The molecule has 0 aliphatic heterocycles. The Morgan fingerprint density at radius 3 is 2.82 bits per heavy atom. The van der Waals surface area contributed by atoms with Crippen LogP contribution in [0.4, 0.5) is 5.88 Å². The lowest BCUT2D eigenvalue weighted by molar-refractivity contribution is -0.402. The van der Waals surface area contributed by atoms with E-state index in [4.69, 9.17) is 4.42 Å². The van der Waals surface area contributed by atoms with Gasteiger partial charge in [0.15, 0.2) is 0 Å². The van der Waals surface area contributed by atoms with Crippen molar-refractivity contribution in [2.24, 2.45) is 5.10 Å². The van der Waals surface area contributed by atoms with Crippen molar-refractivity contribution < 1.29 is 9.34 Å². The Kier molecular flexibility index (Phi) is 3.05. The lowest BCUT2D eigenvalue weighted by Gasteiger charge is -1.84. The maximum Gasteiger partial charge on any atom is 0.433 e. The Bertz CT molecular complexity index is 555. The van der Waals surface area contributed by atoms with E-state index in [1.807, 2.05) is 0 Å². The molecule has 2 aromatic rings. The number of nitrogens with zero attached hydrogens (tertiary/aromatic N) is 5. The first-order valence-corrected chi connectivity index (χ1v) is 4.55. The summed E-state index contributed by atoms with van der Waals surface area (Å²) in [6.07, 6.45) is 7.49. The van der Waals surface area contributed by atoms with Gasteiger partial charge in [-0.25, -0.2) is 4.68 Å². The first-order chi connectivity index (χ1) is 8.25. The van der Waals surface area contributed by atoms with Gasteiger partial charge in [-0.1, -0.05) is 0 Å². The van der Waals surface area contributed by atoms with Crippen LogP contribution in [0.2, 0.25) is 0 Å². The average molecular weight is 233 g/mol. The van der Waals surface area contributed by atoms with Crippen LogP contribution in [0, 0.1) is 10.1 Å². The summed E-state index contributed by atoms with van der Waals surface area (Å²) in [5.74, 6) is 0.0901. The number of allylic oxidation sites excluding steroid dienone is 1. The first kappa shape index (κ1) is 10.7. The van der Waals surface area contributed by atoms with Gasteiger partial charge in [-0.05, 0) is 18.2 Å². The van der Waals surface area contributed by atoms with E-state index < -0.39 is 4.92 Å². The quantitative estimate of drug-likeness (QED) is 0.450. The normalized spacial score (nSPS) is 11.5. The molecule has 0 saturated carbocycles. The fraction of sp³-hybridized carbons (Fsp3) is 0. The Morgan fingerprint density at radius 1 is 1.41 bits per heavy atom. The molecule has 0 aliphatic rings. The molecule has 0 fully saturated rings. The second-order valence-corrected chi connectivity index (χ2v) is 2.90. The molecule has 0 spiro atoms. The van der Waals surface area contributed by atoms with Crippen LogP contribution in [0.3, 0.4) is 0 Å². The number of hydrogen-bond acceptors (Lipinski definition) is 6. The Balaban J connectivity index is 1.98. The molecule has 0 N–H and O–H groups in total. The van der Waals surface area contributed by atoms with Gasteiger partial charge in [0.05, 0.1) is 6.07 Å². The summed E-state index contributed by atoms with van der Waals surface area (Å²) in [6.45, 7) is 0. The Morgan fingerprint density at radius 2 is 2.18 bits per heavy atom. The van der Waals surface area contributed by atoms with E-state index in [0.717, 1.165) is 0 Å². The second kappa shape index (κ2) is 4.84. The lowest BCUT2D eigenvalue weighted by Crippen LogP contribution is -1.82. The summed E-state index contributed by atoms with van der Waals surface area (Å²) >= 11 is 0. The van der Waals surface area contributed by atoms with E-state index >= 15 is 0 Å². The van der Waals surface area contributed by atoms with Crippen LogP contribution < -0.4 is 0 Å². The molecule has 0 aliphatic carbocycles. The number of nitro groups is 1. The highest BCUT2D eigenvalue weighted by Crippen LogP contribution is 2.16. The molecule has 2 rings (SSSR count). The van der Waals surface area contributed by atoms with E-state index in [1.54, 1.807) is 12.2 Å². The minimum Gasteiger partial charge on any atom is -0.401 e. The Labute approximate surface area is 95.0 Å². The second-order valence-electron chi connectivity index (χ2n) is 2.90. The standard InChI is InChI=1S/C9H7N5O3/c15-14(16)9-4-3-8(17-9)2-1-5-12-13-6-10-11-7-13/h1-7H. The van der Waals surface area contributed by atoms with Gasteiger partial charge in [-0.2, -0.15) is 5.10 Å². The average Bonchev–Trinajstić information content (AvgIpc) is 2.96. The highest BCUT2D eigenvalue weighted by Gasteiger charge is 2.09. The smallest absolute Gasteiger partial charge is 0.401 e. The summed E-state index contributed by atoms with van der Waals surface area (Å²) in [5.41, 5.74) is 0. The molecule has 8 nitrogen and oxygen atoms in total.